The predicted molar refractivity (Wildman–Crippen MR) is 80.4 cm³/mol. The van der Waals surface area contributed by atoms with Crippen molar-refractivity contribution in [1.29, 1.82) is 0 Å². The van der Waals surface area contributed by atoms with Crippen LogP contribution in [0.25, 0.3) is 0 Å². The van der Waals surface area contributed by atoms with E-state index in [0.29, 0.717) is 16.9 Å². The molecule has 0 radical (unpaired) electrons. The van der Waals surface area contributed by atoms with E-state index in [4.69, 9.17) is 0 Å². The first-order chi connectivity index (χ1) is 8.88. The zero-order chi connectivity index (χ0) is 15.0. The van der Waals surface area contributed by atoms with Gasteiger partial charge in [0.05, 0.1) is 0 Å². The minimum Gasteiger partial charge on any atom is -0.326 e. The van der Waals surface area contributed by atoms with Crippen molar-refractivity contribution in [2.75, 3.05) is 10.6 Å². The van der Waals surface area contributed by atoms with Gasteiger partial charge in [-0.1, -0.05) is 23.1 Å². The summed E-state index contributed by atoms with van der Waals surface area (Å²) in [6.07, 6.45) is 0. The van der Waals surface area contributed by atoms with Gasteiger partial charge in [0.2, 0.25) is 11.8 Å². The fourth-order valence-corrected chi connectivity index (χ4v) is 1.49. The van der Waals surface area contributed by atoms with Crippen molar-refractivity contribution >= 4 is 38.0 Å². The Kier molecular flexibility index (Phi) is 7.61. The number of rotatable bonds is 3. The third-order valence-corrected chi connectivity index (χ3v) is 2.19. The van der Waals surface area contributed by atoms with E-state index in [1.807, 2.05) is 23.1 Å². The fraction of sp³-hybridized carbons (Fsp3) is 0.308. The van der Waals surface area contributed by atoms with Crippen molar-refractivity contribution in [1.82, 2.24) is 0 Å². The quantitative estimate of drug-likeness (QED) is 0.837. The van der Waals surface area contributed by atoms with Crippen LogP contribution in [0.3, 0.4) is 0 Å². The van der Waals surface area contributed by atoms with Crippen LogP contribution in [-0.4, -0.2) is 17.3 Å². The summed E-state index contributed by atoms with van der Waals surface area (Å²) >= 11 is 0. The standard InChI is InChI=1S/C11H13N2O3P.C2H6/c1-6(14)12-9-3-8(11(16)17)4-10(5-9)13-7(2)15;1-2/h3-5H,17H2,1-2H3,(H,12,14)(H,13,15);1-2H3. The topological polar surface area (TPSA) is 75.3 Å². The van der Waals surface area contributed by atoms with Crippen LogP contribution in [0.15, 0.2) is 18.2 Å². The van der Waals surface area contributed by atoms with Gasteiger partial charge in [0.1, 0.15) is 0 Å². The van der Waals surface area contributed by atoms with Gasteiger partial charge >= 0.3 is 0 Å². The van der Waals surface area contributed by atoms with Crippen molar-refractivity contribution in [2.45, 2.75) is 27.7 Å². The van der Waals surface area contributed by atoms with Gasteiger partial charge in [0.15, 0.2) is 5.52 Å². The molecule has 0 heterocycles. The van der Waals surface area contributed by atoms with Crippen molar-refractivity contribution in [3.8, 4) is 0 Å². The van der Waals surface area contributed by atoms with E-state index in [0.717, 1.165) is 0 Å². The van der Waals surface area contributed by atoms with Crippen LogP contribution < -0.4 is 10.6 Å². The predicted octanol–water partition coefficient (Wildman–Crippen LogP) is 2.64. The molecule has 0 fully saturated rings. The van der Waals surface area contributed by atoms with Gasteiger partial charge < -0.3 is 10.6 Å². The molecule has 19 heavy (non-hydrogen) atoms. The van der Waals surface area contributed by atoms with E-state index in [2.05, 4.69) is 10.6 Å². The molecule has 1 aromatic carbocycles. The second kappa shape index (κ2) is 8.38. The van der Waals surface area contributed by atoms with E-state index in [9.17, 15) is 14.4 Å². The molecular formula is C13H19N2O3P. The summed E-state index contributed by atoms with van der Waals surface area (Å²) in [7, 11) is 2.04. The van der Waals surface area contributed by atoms with Crippen molar-refractivity contribution < 1.29 is 14.4 Å². The normalized spacial score (nSPS) is 8.89. The molecule has 1 unspecified atom stereocenters. The highest BCUT2D eigenvalue weighted by Crippen LogP contribution is 2.21. The maximum absolute atomic E-state index is 11.3. The highest BCUT2D eigenvalue weighted by atomic mass is 31.0. The minimum atomic E-state index is -0.243. The van der Waals surface area contributed by atoms with Crippen LogP contribution in [0.2, 0.25) is 0 Å². The lowest BCUT2D eigenvalue weighted by molar-refractivity contribution is -0.115. The molecule has 2 amide bonds. The summed E-state index contributed by atoms with van der Waals surface area (Å²) in [5.41, 5.74) is 1.11. The molecule has 1 rings (SSSR count). The molecule has 104 valence electrons. The largest absolute Gasteiger partial charge is 0.326 e. The van der Waals surface area contributed by atoms with Crippen molar-refractivity contribution in [3.05, 3.63) is 23.8 Å². The molecule has 0 bridgehead atoms. The van der Waals surface area contributed by atoms with Gasteiger partial charge in [0, 0.05) is 30.8 Å². The molecule has 1 atom stereocenters. The first kappa shape index (κ1) is 17.3. The molecule has 0 aliphatic carbocycles. The summed E-state index contributed by atoms with van der Waals surface area (Å²) in [6, 6.07) is 4.67. The lowest BCUT2D eigenvalue weighted by atomic mass is 10.2. The molecule has 0 saturated carbocycles. The molecule has 1 aromatic rings. The molecule has 2 N–H and O–H groups in total. The molecule has 0 saturated heterocycles. The number of hydrogen-bond donors (Lipinski definition) is 2. The van der Waals surface area contributed by atoms with Gasteiger partial charge in [-0.3, -0.25) is 14.4 Å². The van der Waals surface area contributed by atoms with Crippen molar-refractivity contribution in [2.24, 2.45) is 0 Å². The number of anilines is 2. The molecule has 0 aliphatic rings. The van der Waals surface area contributed by atoms with E-state index in [1.54, 1.807) is 18.2 Å². The van der Waals surface area contributed by atoms with E-state index >= 15 is 0 Å². The zero-order valence-electron chi connectivity index (χ0n) is 11.5. The Morgan fingerprint density at radius 3 is 1.53 bits per heavy atom. The maximum atomic E-state index is 11.3. The van der Waals surface area contributed by atoms with Crippen LogP contribution in [0, 0.1) is 0 Å². The summed E-state index contributed by atoms with van der Waals surface area (Å²) in [5, 5.41) is 5.12. The molecule has 0 aromatic heterocycles. The average molecular weight is 282 g/mol. The molecule has 6 heteroatoms. The minimum absolute atomic E-state index is 0.219. The number of carbonyl (C=O) groups is 3. The number of nitrogens with one attached hydrogen (secondary N) is 2. The summed E-state index contributed by atoms with van der Waals surface area (Å²) in [4.78, 5) is 33.1. The Morgan fingerprint density at radius 2 is 1.26 bits per heavy atom. The van der Waals surface area contributed by atoms with Gasteiger partial charge in [-0.05, 0) is 18.2 Å². The Labute approximate surface area is 115 Å². The van der Waals surface area contributed by atoms with Gasteiger partial charge in [-0.2, -0.15) is 0 Å². The average Bonchev–Trinajstić information content (AvgIpc) is 2.29. The van der Waals surface area contributed by atoms with Crippen LogP contribution >= 0.6 is 9.24 Å². The summed E-state index contributed by atoms with van der Waals surface area (Å²) in [5.74, 6) is -0.487. The van der Waals surface area contributed by atoms with Crippen LogP contribution in [-0.2, 0) is 9.59 Å². The first-order valence-corrected chi connectivity index (χ1v) is 6.46. The molecule has 0 spiro atoms. The first-order valence-electron chi connectivity index (χ1n) is 5.88. The molecule has 0 aliphatic heterocycles. The second-order valence-electron chi connectivity index (χ2n) is 3.53. The highest BCUT2D eigenvalue weighted by Gasteiger charge is 2.06. The second-order valence-corrected chi connectivity index (χ2v) is 4.05. The maximum Gasteiger partial charge on any atom is 0.221 e. The SMILES string of the molecule is CC.CC(=O)Nc1cc(NC(C)=O)cc(C(=O)P)c1. The third kappa shape index (κ3) is 6.67. The van der Waals surface area contributed by atoms with Crippen LogP contribution in [0.5, 0.6) is 0 Å². The fourth-order valence-electron chi connectivity index (χ4n) is 1.32. The number of carbonyl (C=O) groups excluding carboxylic acids is 3. The van der Waals surface area contributed by atoms with E-state index in [1.165, 1.54) is 13.8 Å². The number of amides is 2. The lowest BCUT2D eigenvalue weighted by Crippen LogP contribution is -2.10. The lowest BCUT2D eigenvalue weighted by Gasteiger charge is -2.08. The smallest absolute Gasteiger partial charge is 0.221 e. The van der Waals surface area contributed by atoms with E-state index < -0.39 is 0 Å². The summed E-state index contributed by atoms with van der Waals surface area (Å²) < 4.78 is 0. The molecular weight excluding hydrogens is 263 g/mol. The Hall–Kier alpha value is -1.74. The number of hydrogen-bond acceptors (Lipinski definition) is 3. The van der Waals surface area contributed by atoms with Crippen molar-refractivity contribution in [3.63, 3.8) is 0 Å². The molecule has 5 nitrogen and oxygen atoms in total. The van der Waals surface area contributed by atoms with Gasteiger partial charge in [0.25, 0.3) is 0 Å². The van der Waals surface area contributed by atoms with Gasteiger partial charge in [-0.25, -0.2) is 0 Å². The summed E-state index contributed by atoms with van der Waals surface area (Å²) in [6.45, 7) is 6.74. The van der Waals surface area contributed by atoms with Crippen LogP contribution in [0.1, 0.15) is 38.1 Å². The monoisotopic (exact) mass is 282 g/mol. The third-order valence-electron chi connectivity index (χ3n) is 1.86. The Balaban J connectivity index is 0.00000154. The van der Waals surface area contributed by atoms with Gasteiger partial charge in [-0.15, -0.1) is 0 Å². The Morgan fingerprint density at radius 1 is 0.895 bits per heavy atom. The number of benzene rings is 1. The Bertz CT molecular complexity index is 453. The zero-order valence-corrected chi connectivity index (χ0v) is 12.7. The van der Waals surface area contributed by atoms with Crippen LogP contribution in [0.4, 0.5) is 11.4 Å². The highest BCUT2D eigenvalue weighted by molar-refractivity contribution is 7.41. The van der Waals surface area contributed by atoms with E-state index in [-0.39, 0.29) is 17.3 Å².